The van der Waals surface area contributed by atoms with Crippen LogP contribution in [0, 0.1) is 18.3 Å². The average Bonchev–Trinajstić information content (AvgIpc) is 3.62. The topological polar surface area (TPSA) is 91.0 Å². The molecule has 0 saturated carbocycles. The third-order valence-corrected chi connectivity index (χ3v) is 9.59. The third kappa shape index (κ3) is 5.67. The lowest BCUT2D eigenvalue weighted by molar-refractivity contribution is -0.122. The van der Waals surface area contributed by atoms with Crippen molar-refractivity contribution in [3.63, 3.8) is 0 Å². The molecule has 1 amide bonds. The SMILES string of the molecule is CCCCn1c(N2CCN(c3ccccc3)CC2)c(/C=C2/SC(=S)N(Cc3ccc4c(c3)OCO4)C2=O)c(C)c(C#N)c1=O. The van der Waals surface area contributed by atoms with E-state index >= 15 is 0 Å². The zero-order valence-electron chi connectivity index (χ0n) is 24.7. The Hall–Kier alpha value is -4.27. The van der Waals surface area contributed by atoms with Crippen LogP contribution in [0.25, 0.3) is 6.08 Å². The second-order valence-corrected chi connectivity index (χ2v) is 12.6. The van der Waals surface area contributed by atoms with E-state index in [-0.39, 0.29) is 23.8 Å². The Kier molecular flexibility index (Phi) is 8.64. The summed E-state index contributed by atoms with van der Waals surface area (Å²) in [6.45, 7) is 7.79. The van der Waals surface area contributed by atoms with Crippen LogP contribution in [0.5, 0.6) is 11.5 Å². The van der Waals surface area contributed by atoms with Gasteiger partial charge in [0.25, 0.3) is 11.5 Å². The average molecular weight is 628 g/mol. The number of aromatic nitrogens is 1. The molecular formula is C33H33N5O4S2. The maximum atomic E-state index is 13.8. The molecule has 0 spiro atoms. The minimum Gasteiger partial charge on any atom is -0.454 e. The van der Waals surface area contributed by atoms with Gasteiger partial charge >= 0.3 is 0 Å². The first-order valence-electron chi connectivity index (χ1n) is 14.8. The van der Waals surface area contributed by atoms with E-state index in [2.05, 4.69) is 34.9 Å². The molecule has 2 aromatic carbocycles. The molecule has 2 fully saturated rings. The number of thioether (sulfide) groups is 1. The highest BCUT2D eigenvalue weighted by Gasteiger charge is 2.34. The van der Waals surface area contributed by atoms with Crippen LogP contribution in [0.3, 0.4) is 0 Å². The monoisotopic (exact) mass is 627 g/mol. The highest BCUT2D eigenvalue weighted by Crippen LogP contribution is 2.38. The number of amides is 1. The molecule has 3 aromatic rings. The molecule has 226 valence electrons. The molecule has 3 aliphatic heterocycles. The van der Waals surface area contributed by atoms with E-state index in [4.69, 9.17) is 21.7 Å². The molecule has 0 N–H and O–H groups in total. The number of rotatable bonds is 8. The van der Waals surface area contributed by atoms with Gasteiger partial charge in [-0.05, 0) is 54.8 Å². The first-order chi connectivity index (χ1) is 21.4. The van der Waals surface area contributed by atoms with Crippen molar-refractivity contribution in [3.05, 3.63) is 86.0 Å². The van der Waals surface area contributed by atoms with Gasteiger partial charge in [-0.1, -0.05) is 61.6 Å². The Balaban J connectivity index is 1.36. The number of carbonyl (C=O) groups is 1. The van der Waals surface area contributed by atoms with Gasteiger partial charge in [-0.25, -0.2) is 0 Å². The Morgan fingerprint density at radius 3 is 2.48 bits per heavy atom. The second-order valence-electron chi connectivity index (χ2n) is 10.9. The van der Waals surface area contributed by atoms with Crippen molar-refractivity contribution in [2.45, 2.75) is 39.8 Å². The standard InChI is InChI=1S/C33H33N5O4S2/c1-3-4-12-37-30(36-15-13-35(14-16-36)24-8-6-5-7-9-24)25(22(2)26(19-34)31(37)39)18-29-32(40)38(33(43)44-29)20-23-10-11-27-28(17-23)42-21-41-27/h5-11,17-18H,3-4,12-16,20-21H2,1-2H3/b29-18+. The molecule has 11 heteroatoms. The van der Waals surface area contributed by atoms with Gasteiger partial charge in [0.2, 0.25) is 6.79 Å². The molecule has 2 saturated heterocycles. The number of thiocarbonyl (C=S) groups is 1. The normalized spacial score (nSPS) is 17.1. The van der Waals surface area contributed by atoms with Gasteiger partial charge in [0.1, 0.15) is 21.8 Å². The summed E-state index contributed by atoms with van der Waals surface area (Å²) in [7, 11) is 0. The second kappa shape index (κ2) is 12.8. The summed E-state index contributed by atoms with van der Waals surface area (Å²) in [5, 5.41) is 10.0. The fourth-order valence-electron chi connectivity index (χ4n) is 5.81. The first-order valence-corrected chi connectivity index (χ1v) is 16.0. The zero-order chi connectivity index (χ0) is 30.8. The Bertz CT molecular complexity index is 1740. The van der Waals surface area contributed by atoms with Crippen LogP contribution >= 0.6 is 24.0 Å². The number of unbranched alkanes of at least 4 members (excludes halogenated alkanes) is 1. The van der Waals surface area contributed by atoms with Crippen LogP contribution < -0.4 is 24.8 Å². The Morgan fingerprint density at radius 1 is 1.02 bits per heavy atom. The molecular weight excluding hydrogens is 595 g/mol. The molecule has 4 heterocycles. The van der Waals surface area contributed by atoms with Crippen LogP contribution in [0.2, 0.25) is 0 Å². The summed E-state index contributed by atoms with van der Waals surface area (Å²) in [5.41, 5.74) is 3.15. The smallest absolute Gasteiger partial charge is 0.270 e. The van der Waals surface area contributed by atoms with E-state index in [1.54, 1.807) is 16.4 Å². The molecule has 3 aliphatic rings. The number of hydrogen-bond donors (Lipinski definition) is 0. The van der Waals surface area contributed by atoms with Crippen molar-refractivity contribution in [1.82, 2.24) is 9.47 Å². The number of piperazine rings is 1. The largest absolute Gasteiger partial charge is 0.454 e. The fourth-order valence-corrected chi connectivity index (χ4v) is 7.05. The molecule has 6 rings (SSSR count). The van der Waals surface area contributed by atoms with E-state index in [1.165, 1.54) is 11.8 Å². The molecule has 0 atom stereocenters. The number of nitrogens with zero attached hydrogens (tertiary/aromatic N) is 5. The van der Waals surface area contributed by atoms with Crippen LogP contribution in [0.1, 0.15) is 42.0 Å². The fraction of sp³-hybridized carbons (Fsp3) is 0.333. The third-order valence-electron chi connectivity index (χ3n) is 8.21. The lowest BCUT2D eigenvalue weighted by Gasteiger charge is -2.39. The number of hydrogen-bond acceptors (Lipinski definition) is 9. The van der Waals surface area contributed by atoms with E-state index in [0.717, 1.165) is 43.0 Å². The number of para-hydroxylation sites is 1. The Labute approximate surface area is 266 Å². The van der Waals surface area contributed by atoms with Crippen LogP contribution in [-0.2, 0) is 17.9 Å². The van der Waals surface area contributed by atoms with Crippen molar-refractivity contribution in [1.29, 1.82) is 5.26 Å². The molecule has 0 bridgehead atoms. The number of fused-ring (bicyclic) bond motifs is 1. The highest BCUT2D eigenvalue weighted by molar-refractivity contribution is 8.26. The van der Waals surface area contributed by atoms with Gasteiger partial charge in [-0.3, -0.25) is 19.1 Å². The van der Waals surface area contributed by atoms with Crippen molar-refractivity contribution < 1.29 is 14.3 Å². The summed E-state index contributed by atoms with van der Waals surface area (Å²) in [4.78, 5) is 34.1. The van der Waals surface area contributed by atoms with Gasteiger partial charge in [0, 0.05) is 44.0 Å². The number of nitriles is 1. The van der Waals surface area contributed by atoms with E-state index in [9.17, 15) is 14.9 Å². The number of carbonyl (C=O) groups excluding carboxylic acids is 1. The predicted octanol–water partition coefficient (Wildman–Crippen LogP) is 5.29. The number of pyridine rings is 1. The van der Waals surface area contributed by atoms with Crippen molar-refractivity contribution in [3.8, 4) is 17.6 Å². The van der Waals surface area contributed by atoms with Gasteiger partial charge in [-0.15, -0.1) is 0 Å². The van der Waals surface area contributed by atoms with Crippen molar-refractivity contribution in [2.24, 2.45) is 0 Å². The minimum absolute atomic E-state index is 0.106. The molecule has 1 aromatic heterocycles. The van der Waals surface area contributed by atoms with Gasteiger partial charge < -0.3 is 19.3 Å². The number of benzene rings is 2. The summed E-state index contributed by atoms with van der Waals surface area (Å²) in [6.07, 6.45) is 3.52. The first kappa shape index (κ1) is 29.8. The zero-order valence-corrected chi connectivity index (χ0v) is 26.4. The molecule has 44 heavy (non-hydrogen) atoms. The molecule has 9 nitrogen and oxygen atoms in total. The minimum atomic E-state index is -0.286. The quantitative estimate of drug-likeness (QED) is 0.244. The molecule has 0 unspecified atom stereocenters. The molecule has 0 aliphatic carbocycles. The highest BCUT2D eigenvalue weighted by atomic mass is 32.2. The van der Waals surface area contributed by atoms with Gasteiger partial charge in [0.05, 0.1) is 11.4 Å². The van der Waals surface area contributed by atoms with Crippen LogP contribution in [0.4, 0.5) is 11.5 Å². The van der Waals surface area contributed by atoms with E-state index in [1.807, 2.05) is 42.5 Å². The molecule has 0 radical (unpaired) electrons. The summed E-state index contributed by atoms with van der Waals surface area (Å²) >= 11 is 6.90. The Morgan fingerprint density at radius 2 is 1.75 bits per heavy atom. The van der Waals surface area contributed by atoms with Crippen LogP contribution in [0.15, 0.2) is 58.2 Å². The summed E-state index contributed by atoms with van der Waals surface area (Å²) in [5.74, 6) is 1.88. The van der Waals surface area contributed by atoms with Crippen molar-refractivity contribution in [2.75, 3.05) is 42.8 Å². The van der Waals surface area contributed by atoms with Crippen molar-refractivity contribution >= 4 is 51.8 Å². The summed E-state index contributed by atoms with van der Waals surface area (Å²) < 4.78 is 13.1. The van der Waals surface area contributed by atoms with Gasteiger partial charge in [-0.2, -0.15) is 5.26 Å². The lowest BCUT2D eigenvalue weighted by atomic mass is 10.0. The number of anilines is 2. The van der Waals surface area contributed by atoms with E-state index in [0.29, 0.717) is 58.0 Å². The lowest BCUT2D eigenvalue weighted by Crippen LogP contribution is -2.48. The predicted molar refractivity (Wildman–Crippen MR) is 177 cm³/mol. The maximum Gasteiger partial charge on any atom is 0.270 e. The van der Waals surface area contributed by atoms with Gasteiger partial charge in [0.15, 0.2) is 11.5 Å². The summed E-state index contributed by atoms with van der Waals surface area (Å²) in [6, 6.07) is 18.0. The van der Waals surface area contributed by atoms with E-state index < -0.39 is 0 Å². The number of ether oxygens (including phenoxy) is 2. The van der Waals surface area contributed by atoms with Crippen LogP contribution in [-0.4, -0.2) is 52.7 Å². The maximum absolute atomic E-state index is 13.8.